The molecule has 0 unspecified atom stereocenters. The van der Waals surface area contributed by atoms with Gasteiger partial charge in [0.15, 0.2) is 0 Å². The number of methoxy groups -OCH3 is 5. The number of carbonyl (C=O) groups excluding carboxylic acids is 10. The van der Waals surface area contributed by atoms with Crippen LogP contribution < -0.4 is 34.9 Å². The van der Waals surface area contributed by atoms with Crippen LogP contribution >= 0.6 is 0 Å². The standard InChI is InChI=1S/C19H27NO7S.C14H24N4O2.C12H20N4O4.C12H21NO5.C7H12N4O2.C7H12O.C3H3F3O.N3.Na/c1-13-6-8-15(9-7-13)28(23,24)27-14-10-11-20(16(12-14)17(21)25-5)18(22)26-19(2,3)4;1-20-14(19)13-9-12(16-17-15)7-8-18(13)10-11-5-3-2-4-6-11;1-12(2,3)20-11(18)16-6-5-8(14-15-13)7-9(16)10(17)19-4;1-12(2,3)18-11(16)13-6-5-8(14)7-9(13)10(15)17-4;1-13-7(12)6-4-5(10-11-8)2-3-9-6;8-6-7-4-2-1-3-5-7;1-2(7)3(4,5)6;1-3-2;/h6-9,14,16H,10-12H2,1-5H3;11-13H,2-10H2,1H3;8-9H,5-7H2,1-4H3;8-9,14H,5-7H2,1-4H3;5-6,9H,2-4H2,1H3;6-7H,1-5H2;1H3;;/q;;;;;;;-1;+1/t14-,16-;12-,13+;8-,9+;8-,9-;5-,6+;;;;/m01101..../s1. The van der Waals surface area contributed by atoms with Crippen molar-refractivity contribution < 1.29 is 146 Å². The van der Waals surface area contributed by atoms with E-state index in [9.17, 15) is 74.6 Å². The summed E-state index contributed by atoms with van der Waals surface area (Å²) in [5, 5.41) is 23.5. The maximum atomic E-state index is 12.5. The number of nitrogens with one attached hydrogen (secondary N) is 1. The van der Waals surface area contributed by atoms with Crippen molar-refractivity contribution in [3.8, 4) is 0 Å². The predicted octanol–water partition coefficient (Wildman–Crippen LogP) is 10.0. The summed E-state index contributed by atoms with van der Waals surface area (Å²) in [7, 11) is 2.52. The summed E-state index contributed by atoms with van der Waals surface area (Å²) in [6.45, 7) is 21.2. The average molecular weight is 1710 g/mol. The Balaban J connectivity index is 0.00000139. The van der Waals surface area contributed by atoms with Gasteiger partial charge in [-0.2, -0.15) is 21.6 Å². The van der Waals surface area contributed by atoms with E-state index in [-0.39, 0.29) is 115 Å². The zero-order chi connectivity index (χ0) is 89.0. The van der Waals surface area contributed by atoms with Gasteiger partial charge >= 0.3 is 83.9 Å². The zero-order valence-electron chi connectivity index (χ0n) is 70.9. The number of aliphatic hydroxyl groups is 1. The number of aldehydes is 1. The number of ether oxygens (including phenoxy) is 8. The van der Waals surface area contributed by atoms with Crippen LogP contribution in [0.2, 0.25) is 0 Å². The van der Waals surface area contributed by atoms with Crippen LogP contribution in [-0.2, 0) is 85.8 Å². The number of esters is 5. The second-order valence-electron chi connectivity index (χ2n) is 31.2. The van der Waals surface area contributed by atoms with Crippen molar-refractivity contribution >= 4 is 70.3 Å². The van der Waals surface area contributed by atoms with Gasteiger partial charge in [-0.1, -0.05) is 71.6 Å². The molecule has 7 aliphatic rings. The molecule has 1 aromatic carbocycles. The van der Waals surface area contributed by atoms with Crippen LogP contribution in [0.25, 0.3) is 47.3 Å². The maximum Gasteiger partial charge on any atom is 1.00 e. The summed E-state index contributed by atoms with van der Waals surface area (Å²) < 4.78 is 102. The van der Waals surface area contributed by atoms with E-state index < -0.39 is 105 Å². The van der Waals surface area contributed by atoms with Gasteiger partial charge in [0.25, 0.3) is 10.1 Å². The number of hydrogen-bond acceptors (Lipinski definition) is 27. The smallest absolute Gasteiger partial charge is 0.468 e. The third-order valence-corrected chi connectivity index (χ3v) is 20.1. The molecule has 44 heteroatoms. The van der Waals surface area contributed by atoms with Crippen molar-refractivity contribution in [1.29, 1.82) is 0 Å². The normalized spacial score (nSPS) is 22.7. The first-order chi connectivity index (χ1) is 54.8. The number of ketones is 1. The summed E-state index contributed by atoms with van der Waals surface area (Å²) in [6.07, 6.45) is 10.4. The van der Waals surface area contributed by atoms with Crippen molar-refractivity contribution in [2.45, 2.75) is 293 Å². The minimum Gasteiger partial charge on any atom is -0.468 e. The zero-order valence-corrected chi connectivity index (χ0v) is 73.7. The van der Waals surface area contributed by atoms with Crippen molar-refractivity contribution in [2.75, 3.05) is 74.8 Å². The van der Waals surface area contributed by atoms with E-state index in [1.54, 1.807) is 74.4 Å². The number of amides is 3. The van der Waals surface area contributed by atoms with Crippen molar-refractivity contribution in [3.63, 3.8) is 0 Å². The molecule has 7 fully saturated rings. The first kappa shape index (κ1) is 110. The van der Waals surface area contributed by atoms with E-state index in [0.29, 0.717) is 57.5 Å². The van der Waals surface area contributed by atoms with Gasteiger partial charge in [-0.25, -0.2) is 28.8 Å². The van der Waals surface area contributed by atoms with Gasteiger partial charge < -0.3 is 64.2 Å². The van der Waals surface area contributed by atoms with Gasteiger partial charge in [0, 0.05) is 84.7 Å². The molecule has 2 N–H and O–H groups in total. The van der Waals surface area contributed by atoms with Crippen LogP contribution in [0.4, 0.5) is 27.6 Å². The topological polar surface area (TPSA) is 538 Å². The number of azide groups is 3. The third kappa shape index (κ3) is 43.0. The maximum absolute atomic E-state index is 12.5. The molecule has 2 saturated carbocycles. The Bertz CT molecular complexity index is 3630. The molecule has 5 aliphatic heterocycles. The van der Waals surface area contributed by atoms with Crippen molar-refractivity contribution in [3.05, 3.63) is 77.1 Å². The van der Waals surface area contributed by atoms with E-state index in [4.69, 9.17) is 60.3 Å². The number of aryl methyl sites for hydroxylation is 1. The second kappa shape index (κ2) is 55.4. The molecular weight excluding hydrogens is 1590 g/mol. The number of nitrogens with zero attached hydrogens (tertiary/aromatic N) is 16. The number of benzene rings is 1. The molecule has 660 valence electrons. The van der Waals surface area contributed by atoms with Crippen LogP contribution in [0, 0.1) is 18.8 Å². The number of hydrogen-bond donors (Lipinski definition) is 2. The number of alkyl halides is 3. The molecule has 0 spiro atoms. The Hall–Kier alpha value is -8.46. The van der Waals surface area contributed by atoms with E-state index in [0.717, 1.165) is 50.6 Å². The van der Waals surface area contributed by atoms with Gasteiger partial charge in [-0.15, -0.1) is 0 Å². The van der Waals surface area contributed by atoms with Gasteiger partial charge in [-0.3, -0.25) is 43.1 Å². The van der Waals surface area contributed by atoms with Crippen LogP contribution in [-0.4, -0.2) is 252 Å². The van der Waals surface area contributed by atoms with E-state index in [1.165, 1.54) is 119 Å². The Morgan fingerprint density at radius 2 is 0.890 bits per heavy atom. The summed E-state index contributed by atoms with van der Waals surface area (Å²) in [4.78, 5) is 131. The Morgan fingerprint density at radius 3 is 1.28 bits per heavy atom. The fourth-order valence-electron chi connectivity index (χ4n) is 12.9. The molecule has 0 aromatic heterocycles. The first-order valence-corrected chi connectivity index (χ1v) is 39.8. The number of aliphatic hydroxyl groups excluding tert-OH is 1. The molecule has 5 saturated heterocycles. The third-order valence-electron chi connectivity index (χ3n) is 18.7. The quantitative estimate of drug-likeness (QED) is 0.0255. The summed E-state index contributed by atoms with van der Waals surface area (Å²) in [5.74, 6) is -2.85. The van der Waals surface area contributed by atoms with Crippen LogP contribution in [0.3, 0.4) is 0 Å². The van der Waals surface area contributed by atoms with Gasteiger partial charge in [-0.05, 0) is 194 Å². The minimum absolute atomic E-state index is 0. The number of rotatable bonds is 14. The monoisotopic (exact) mass is 1710 g/mol. The van der Waals surface area contributed by atoms with Crippen molar-refractivity contribution in [2.24, 2.45) is 27.2 Å². The van der Waals surface area contributed by atoms with Crippen molar-refractivity contribution in [1.82, 2.24) is 24.9 Å². The summed E-state index contributed by atoms with van der Waals surface area (Å²) in [6, 6.07) is 2.72. The number of Topliss-reactive ketones (excluding diaryl/α,β-unsaturated/α-hetero) is 1. The Morgan fingerprint density at radius 1 is 0.525 bits per heavy atom. The van der Waals surface area contributed by atoms with Gasteiger partial charge in [0.2, 0.25) is 5.78 Å². The van der Waals surface area contributed by atoms with E-state index in [1.807, 2.05) is 6.92 Å². The Labute approximate surface area is 709 Å². The predicted molar refractivity (Wildman–Crippen MR) is 418 cm³/mol. The summed E-state index contributed by atoms with van der Waals surface area (Å²) in [5.41, 5.74) is 37.7. The molecule has 39 nitrogen and oxygen atoms in total. The molecule has 0 bridgehead atoms. The van der Waals surface area contributed by atoms with E-state index >= 15 is 0 Å². The number of halogens is 3. The molecule has 1 aromatic rings. The largest absolute Gasteiger partial charge is 1.00 e. The molecule has 10 atom stereocenters. The molecule has 118 heavy (non-hydrogen) atoms. The SMILES string of the molecule is CC(=O)C(F)(F)F.COC(=O)[C@@H]1C[C@@H](O)CCN1C(=O)OC(C)(C)C.COC(=O)[C@@H]1C[C@@H](OS(=O)(=O)c2ccc(C)cc2)CCN1C(=O)OC(C)(C)C.COC(=O)[C@@H]1C[C@H](N=[N+]=[N-])CCN1.COC(=O)[C@@H]1C[C@H](N=[N+]=[N-])CCN1C(=O)OC(C)(C)C.COC(=O)[C@@H]1C[C@H](N=[N+]=[N-])CCN1CC1CCCCC1.O=CC1CCCCC1.[N-]=[N+]=[N-].[Na+]. The fourth-order valence-corrected chi connectivity index (χ4v) is 14.0. The van der Waals surface area contributed by atoms with Crippen LogP contribution in [0.15, 0.2) is 44.5 Å². The number of carbonyl (C=O) groups is 10. The van der Waals surface area contributed by atoms with Gasteiger partial charge in [0.1, 0.15) is 53.3 Å². The Kier molecular flexibility index (Phi) is 51.4. The van der Waals surface area contributed by atoms with Crippen LogP contribution in [0.5, 0.6) is 0 Å². The summed E-state index contributed by atoms with van der Waals surface area (Å²) >= 11 is 0. The molecule has 2 aliphatic carbocycles. The van der Waals surface area contributed by atoms with E-state index in [2.05, 4.69) is 49.8 Å². The first-order valence-electron chi connectivity index (χ1n) is 38.4. The molecule has 5 heterocycles. The fraction of sp³-hybridized carbons (Fsp3) is 0.784. The molecule has 3 amide bonds. The number of likely N-dealkylation sites (tertiary alicyclic amines) is 4. The minimum atomic E-state index is -4.64. The molecule has 0 radical (unpaired) electrons. The van der Waals surface area contributed by atoms with Gasteiger partial charge in [0.05, 0.1) is 52.7 Å². The average Bonchev–Trinajstić information content (AvgIpc) is 0.807. The molecule has 8 rings (SSSR count). The number of piperidine rings is 5. The molecular formula is C74H119F3N17NaO22S. The van der Waals surface area contributed by atoms with Crippen LogP contribution in [0.1, 0.15) is 203 Å². The second-order valence-corrected chi connectivity index (χ2v) is 32.8.